The van der Waals surface area contributed by atoms with Crippen LogP contribution in [0.2, 0.25) is 0 Å². The number of carbonyl (C=O) groups excluding carboxylic acids is 2. The number of carbonyl (C=O) groups is 2. The van der Waals surface area contributed by atoms with Crippen molar-refractivity contribution in [3.05, 3.63) is 69.8 Å². The molecule has 4 rings (SSSR count). The molecule has 2 aliphatic heterocycles. The number of amides is 2. The Bertz CT molecular complexity index is 1530. The van der Waals surface area contributed by atoms with Crippen LogP contribution in [0.5, 0.6) is 5.75 Å². The average Bonchev–Trinajstić information content (AvgIpc) is 3.10. The van der Waals surface area contributed by atoms with Crippen LogP contribution in [0, 0.1) is 12.3 Å². The Balaban J connectivity index is 1.56. The molecular formula is C39H57N3O8. The lowest BCUT2D eigenvalue weighted by Crippen LogP contribution is -2.60. The highest BCUT2D eigenvalue weighted by atomic mass is 16.5. The van der Waals surface area contributed by atoms with E-state index in [-0.39, 0.29) is 17.7 Å². The third-order valence-corrected chi connectivity index (χ3v) is 10.2. The smallest absolute Gasteiger partial charge is 0.247 e. The van der Waals surface area contributed by atoms with Gasteiger partial charge in [0.15, 0.2) is 0 Å². The normalized spacial score (nSPS) is 23.9. The number of nitrogens with zero attached hydrogens (tertiary/aromatic N) is 1. The lowest BCUT2D eigenvalue weighted by Gasteiger charge is -2.40. The van der Waals surface area contributed by atoms with Crippen LogP contribution in [0.3, 0.4) is 0 Å². The predicted molar refractivity (Wildman–Crippen MR) is 193 cm³/mol. The summed E-state index contributed by atoms with van der Waals surface area (Å²) in [4.78, 5) is 28.3. The summed E-state index contributed by atoms with van der Waals surface area (Å²) in [6, 6.07) is 10.0. The van der Waals surface area contributed by atoms with Gasteiger partial charge in [0.25, 0.3) is 0 Å². The van der Waals surface area contributed by atoms with Gasteiger partial charge in [0, 0.05) is 31.7 Å². The topological polar surface area (TPSA) is 161 Å². The van der Waals surface area contributed by atoms with Crippen molar-refractivity contribution in [1.29, 1.82) is 0 Å². The second-order valence-electron chi connectivity index (χ2n) is 14.9. The number of rotatable bonds is 12. The first-order valence-corrected chi connectivity index (χ1v) is 17.7. The van der Waals surface area contributed by atoms with Crippen molar-refractivity contribution in [3.63, 3.8) is 0 Å². The first-order chi connectivity index (χ1) is 23.5. The minimum absolute atomic E-state index is 0.0907. The zero-order valence-corrected chi connectivity index (χ0v) is 30.8. The summed E-state index contributed by atoms with van der Waals surface area (Å²) in [6.45, 7) is 15.7. The molecular weight excluding hydrogens is 638 g/mol. The van der Waals surface area contributed by atoms with Gasteiger partial charge in [-0.3, -0.25) is 9.59 Å². The van der Waals surface area contributed by atoms with Gasteiger partial charge in [-0.05, 0) is 93.3 Å². The van der Waals surface area contributed by atoms with E-state index in [2.05, 4.69) is 36.6 Å². The van der Waals surface area contributed by atoms with E-state index < -0.39 is 48.1 Å². The fourth-order valence-electron chi connectivity index (χ4n) is 6.62. The summed E-state index contributed by atoms with van der Waals surface area (Å²) in [5.74, 6) is 0.374. The molecule has 276 valence electrons. The van der Waals surface area contributed by atoms with Crippen molar-refractivity contribution < 1.29 is 39.5 Å². The molecule has 11 nitrogen and oxygen atoms in total. The van der Waals surface area contributed by atoms with Crippen LogP contribution in [0.4, 0.5) is 0 Å². The van der Waals surface area contributed by atoms with Gasteiger partial charge in [0.2, 0.25) is 11.8 Å². The highest BCUT2D eigenvalue weighted by Gasteiger charge is 2.45. The minimum Gasteiger partial charge on any atom is -0.496 e. The summed E-state index contributed by atoms with van der Waals surface area (Å²) in [6.07, 6.45) is -1.19. The second-order valence-corrected chi connectivity index (χ2v) is 14.9. The Kier molecular flexibility index (Phi) is 12.9. The van der Waals surface area contributed by atoms with Crippen LogP contribution in [-0.2, 0) is 20.7 Å². The van der Waals surface area contributed by atoms with Gasteiger partial charge in [-0.25, -0.2) is 0 Å². The molecule has 6 N–H and O–H groups in total. The van der Waals surface area contributed by atoms with Crippen LogP contribution < -0.4 is 15.4 Å². The monoisotopic (exact) mass is 695 g/mol. The number of aliphatic hydroxyl groups excluding tert-OH is 4. The van der Waals surface area contributed by atoms with Gasteiger partial charge >= 0.3 is 0 Å². The molecule has 0 saturated carbocycles. The molecule has 2 saturated heterocycles. The maximum absolute atomic E-state index is 13.4. The van der Waals surface area contributed by atoms with E-state index >= 15 is 0 Å². The molecule has 0 bridgehead atoms. The zero-order chi connectivity index (χ0) is 37.0. The van der Waals surface area contributed by atoms with Crippen molar-refractivity contribution in [2.24, 2.45) is 5.41 Å². The molecule has 50 heavy (non-hydrogen) atoms. The number of benzene rings is 2. The molecule has 2 heterocycles. The number of aryl methyl sites for hydroxylation is 1. The van der Waals surface area contributed by atoms with Crippen LogP contribution in [0.25, 0.3) is 6.08 Å². The molecule has 2 aromatic carbocycles. The number of hydrogen-bond acceptors (Lipinski definition) is 9. The maximum Gasteiger partial charge on any atom is 0.247 e. The molecule has 6 atom stereocenters. The fourth-order valence-corrected chi connectivity index (χ4v) is 6.62. The molecule has 0 aromatic heterocycles. The molecule has 6 unspecified atom stereocenters. The van der Waals surface area contributed by atoms with Crippen molar-refractivity contribution in [1.82, 2.24) is 15.5 Å². The van der Waals surface area contributed by atoms with Crippen LogP contribution >= 0.6 is 0 Å². The molecule has 2 amide bonds. The molecule has 2 fully saturated rings. The first-order valence-electron chi connectivity index (χ1n) is 17.7. The van der Waals surface area contributed by atoms with Gasteiger partial charge < -0.3 is 45.4 Å². The molecule has 11 heteroatoms. The highest BCUT2D eigenvalue weighted by molar-refractivity contribution is 5.93. The Hall–Kier alpha value is -3.32. The number of methoxy groups -OCH3 is 1. The average molecular weight is 696 g/mol. The van der Waals surface area contributed by atoms with Gasteiger partial charge in [-0.1, -0.05) is 44.2 Å². The lowest BCUT2D eigenvalue weighted by atomic mass is 9.84. The van der Waals surface area contributed by atoms with Gasteiger partial charge in [-0.2, -0.15) is 0 Å². The Labute approximate surface area is 296 Å². The van der Waals surface area contributed by atoms with Crippen LogP contribution in [0.1, 0.15) is 93.4 Å². The van der Waals surface area contributed by atoms with E-state index in [1.807, 2.05) is 51.1 Å². The largest absolute Gasteiger partial charge is 0.496 e. The number of ether oxygens (including phenoxy) is 2. The number of aliphatic hydroxyl groups is 4. The van der Waals surface area contributed by atoms with Gasteiger partial charge in [-0.15, -0.1) is 0 Å². The third-order valence-electron chi connectivity index (χ3n) is 10.2. The molecule has 2 aromatic rings. The summed E-state index contributed by atoms with van der Waals surface area (Å²) in [5, 5.41) is 47.8. The molecule has 0 aliphatic carbocycles. The third kappa shape index (κ3) is 8.75. The molecule has 0 radical (unpaired) electrons. The minimum atomic E-state index is -1.50. The van der Waals surface area contributed by atoms with Crippen molar-refractivity contribution in [2.45, 2.75) is 103 Å². The Morgan fingerprint density at radius 2 is 1.74 bits per heavy atom. The fraction of sp³-hybridized carbons (Fsp3) is 0.590. The highest BCUT2D eigenvalue weighted by Crippen LogP contribution is 2.41. The van der Waals surface area contributed by atoms with Crippen molar-refractivity contribution in [3.8, 4) is 5.75 Å². The van der Waals surface area contributed by atoms with E-state index in [0.717, 1.165) is 47.3 Å². The number of hydrogen-bond donors (Lipinski definition) is 6. The van der Waals surface area contributed by atoms with Gasteiger partial charge in [0.05, 0.1) is 19.1 Å². The SMILES string of the molecule is CCC(C)c1cc(OC)c(C2OC(CO)C(O)C(O)C2O)cc1Cc1ccc(C=CC(C)(C)C(=O)NC(C)(C)C(=O)N2CCNCC2)cc1C. The van der Waals surface area contributed by atoms with Crippen LogP contribution in [-0.4, -0.2) is 107 Å². The van der Waals surface area contributed by atoms with E-state index in [1.165, 1.54) is 7.11 Å². The van der Waals surface area contributed by atoms with Crippen molar-refractivity contribution in [2.75, 3.05) is 39.9 Å². The molecule has 0 spiro atoms. The van der Waals surface area contributed by atoms with E-state index in [9.17, 15) is 30.0 Å². The number of piperazine rings is 1. The second kappa shape index (κ2) is 16.4. The van der Waals surface area contributed by atoms with E-state index in [4.69, 9.17) is 9.47 Å². The van der Waals surface area contributed by atoms with E-state index in [1.54, 1.807) is 18.7 Å². The van der Waals surface area contributed by atoms with Gasteiger partial charge in [0.1, 0.15) is 41.8 Å². The molecule has 2 aliphatic rings. The zero-order valence-electron chi connectivity index (χ0n) is 30.8. The Morgan fingerprint density at radius 1 is 1.06 bits per heavy atom. The van der Waals surface area contributed by atoms with Crippen LogP contribution in [0.15, 0.2) is 36.4 Å². The lowest BCUT2D eigenvalue weighted by molar-refractivity contribution is -0.232. The van der Waals surface area contributed by atoms with E-state index in [0.29, 0.717) is 30.8 Å². The quantitative estimate of drug-likeness (QED) is 0.196. The summed E-state index contributed by atoms with van der Waals surface area (Å²) < 4.78 is 11.7. The first kappa shape index (κ1) is 39.5. The Morgan fingerprint density at radius 3 is 2.34 bits per heavy atom. The predicted octanol–water partition coefficient (Wildman–Crippen LogP) is 2.99. The number of nitrogens with one attached hydrogen (secondary N) is 2. The summed E-state index contributed by atoms with van der Waals surface area (Å²) in [5.41, 5.74) is 3.79. The summed E-state index contributed by atoms with van der Waals surface area (Å²) in [7, 11) is 1.54. The maximum atomic E-state index is 13.4. The van der Waals surface area contributed by atoms with Crippen molar-refractivity contribution >= 4 is 17.9 Å². The standard InChI is InChI=1S/C39H57N3O8/c1-9-23(2)28-21-30(49-8)29(35-34(46)33(45)32(44)31(22-43)50-35)20-27(28)19-26-11-10-25(18-24(26)3)12-13-38(4,5)36(47)41-39(6,7)37(48)42-16-14-40-15-17-42/h10-13,18,20-21,23,31-35,40,43-46H,9,14-17,19,22H2,1-8H3,(H,41,47). The summed E-state index contributed by atoms with van der Waals surface area (Å²) >= 11 is 0.